The van der Waals surface area contributed by atoms with Crippen molar-refractivity contribution < 1.29 is 18.7 Å². The maximum Gasteiger partial charge on any atom is 0.260 e. The van der Waals surface area contributed by atoms with Gasteiger partial charge < -0.3 is 19.3 Å². The zero-order valence-corrected chi connectivity index (χ0v) is 13.8. The molecule has 23 heavy (non-hydrogen) atoms. The maximum atomic E-state index is 12.9. The summed E-state index contributed by atoms with van der Waals surface area (Å²) in [5, 5.41) is 0. The van der Waals surface area contributed by atoms with Gasteiger partial charge in [-0.2, -0.15) is 0 Å². The minimum Gasteiger partial charge on any atom is -0.484 e. The highest BCUT2D eigenvalue weighted by Crippen LogP contribution is 2.16. The molecule has 1 heterocycles. The van der Waals surface area contributed by atoms with Gasteiger partial charge in [0.15, 0.2) is 6.61 Å². The molecule has 128 valence electrons. The summed E-state index contributed by atoms with van der Waals surface area (Å²) in [6.45, 7) is 2.82. The van der Waals surface area contributed by atoms with E-state index in [0.717, 1.165) is 19.4 Å². The molecule has 6 heteroatoms. The molecule has 1 fully saturated rings. The molecule has 0 aromatic heterocycles. The molecule has 1 aliphatic rings. The number of halogens is 1. The molecule has 0 spiro atoms. The van der Waals surface area contributed by atoms with Crippen LogP contribution in [0, 0.1) is 5.82 Å². The van der Waals surface area contributed by atoms with Crippen LogP contribution in [0.3, 0.4) is 0 Å². The van der Waals surface area contributed by atoms with Crippen LogP contribution < -0.4 is 4.74 Å². The van der Waals surface area contributed by atoms with Gasteiger partial charge in [-0.05, 0) is 51.2 Å². The van der Waals surface area contributed by atoms with Crippen molar-refractivity contribution in [1.29, 1.82) is 0 Å². The Kier molecular flexibility index (Phi) is 6.80. The van der Waals surface area contributed by atoms with Gasteiger partial charge in [-0.15, -0.1) is 0 Å². The molecule has 0 N–H and O–H groups in total. The van der Waals surface area contributed by atoms with E-state index in [2.05, 4.69) is 4.90 Å². The fraction of sp³-hybridized carbons (Fsp3) is 0.588. The quantitative estimate of drug-likeness (QED) is 0.767. The number of ether oxygens (including phenoxy) is 2. The van der Waals surface area contributed by atoms with Gasteiger partial charge >= 0.3 is 0 Å². The normalized spacial score (nSPS) is 15.7. The molecule has 1 amide bonds. The number of amides is 1. The molecule has 0 aliphatic carbocycles. The van der Waals surface area contributed by atoms with Gasteiger partial charge in [-0.25, -0.2) is 4.39 Å². The standard InChI is InChI=1S/C17H25FN2O3/c1-19(2)9-10-20(15-7-11-22-12-8-15)17(21)13-23-16-5-3-14(18)4-6-16/h3-6,15H,7-13H2,1-2H3. The Balaban J connectivity index is 1.92. The lowest BCUT2D eigenvalue weighted by Crippen LogP contribution is -2.48. The fourth-order valence-electron chi connectivity index (χ4n) is 2.57. The zero-order valence-electron chi connectivity index (χ0n) is 13.8. The van der Waals surface area contributed by atoms with Crippen molar-refractivity contribution in [3.63, 3.8) is 0 Å². The van der Waals surface area contributed by atoms with Crippen molar-refractivity contribution in [2.24, 2.45) is 0 Å². The molecule has 2 rings (SSSR count). The first kappa shape index (κ1) is 17.7. The van der Waals surface area contributed by atoms with E-state index < -0.39 is 0 Å². The summed E-state index contributed by atoms with van der Waals surface area (Å²) in [4.78, 5) is 16.5. The molecular weight excluding hydrogens is 299 g/mol. The van der Waals surface area contributed by atoms with Crippen LogP contribution >= 0.6 is 0 Å². The average Bonchev–Trinajstić information content (AvgIpc) is 2.55. The van der Waals surface area contributed by atoms with Crippen molar-refractivity contribution >= 4 is 5.91 Å². The third kappa shape index (κ3) is 5.80. The van der Waals surface area contributed by atoms with Crippen molar-refractivity contribution in [2.45, 2.75) is 18.9 Å². The molecule has 5 nitrogen and oxygen atoms in total. The van der Waals surface area contributed by atoms with E-state index in [4.69, 9.17) is 9.47 Å². The van der Waals surface area contributed by atoms with Crippen molar-refractivity contribution in [2.75, 3.05) is 47.0 Å². The van der Waals surface area contributed by atoms with Gasteiger partial charge in [-0.3, -0.25) is 4.79 Å². The molecule has 0 atom stereocenters. The molecular formula is C17H25FN2O3. The molecule has 1 aliphatic heterocycles. The minimum absolute atomic E-state index is 0.0313. The Morgan fingerprint density at radius 2 is 1.87 bits per heavy atom. The average molecular weight is 324 g/mol. The lowest BCUT2D eigenvalue weighted by Gasteiger charge is -2.35. The predicted octanol–water partition coefficient (Wildman–Crippen LogP) is 1.77. The number of benzene rings is 1. The predicted molar refractivity (Wildman–Crippen MR) is 86.0 cm³/mol. The third-order valence-corrected chi connectivity index (χ3v) is 3.92. The van der Waals surface area contributed by atoms with Crippen LogP contribution in [0.15, 0.2) is 24.3 Å². The largest absolute Gasteiger partial charge is 0.484 e. The van der Waals surface area contributed by atoms with Gasteiger partial charge in [0.2, 0.25) is 0 Å². The lowest BCUT2D eigenvalue weighted by molar-refractivity contribution is -0.137. The molecule has 1 aromatic rings. The summed E-state index contributed by atoms with van der Waals surface area (Å²) in [5.41, 5.74) is 0. The van der Waals surface area contributed by atoms with Gasteiger partial charge in [0, 0.05) is 32.3 Å². The smallest absolute Gasteiger partial charge is 0.260 e. The molecule has 1 saturated heterocycles. The van der Waals surface area contributed by atoms with Gasteiger partial charge in [-0.1, -0.05) is 0 Å². The summed E-state index contributed by atoms with van der Waals surface area (Å²) < 4.78 is 23.8. The monoisotopic (exact) mass is 324 g/mol. The molecule has 0 saturated carbocycles. The molecule has 1 aromatic carbocycles. The van der Waals surface area contributed by atoms with Crippen LogP contribution in [0.1, 0.15) is 12.8 Å². The van der Waals surface area contributed by atoms with E-state index in [9.17, 15) is 9.18 Å². The Bertz CT molecular complexity index is 487. The lowest BCUT2D eigenvalue weighted by atomic mass is 10.1. The number of hydrogen-bond donors (Lipinski definition) is 0. The first-order valence-corrected chi connectivity index (χ1v) is 7.96. The van der Waals surface area contributed by atoms with Crippen molar-refractivity contribution in [3.05, 3.63) is 30.1 Å². The second kappa shape index (κ2) is 8.84. The Morgan fingerprint density at radius 1 is 1.22 bits per heavy atom. The maximum absolute atomic E-state index is 12.9. The highest BCUT2D eigenvalue weighted by molar-refractivity contribution is 5.78. The van der Waals surface area contributed by atoms with E-state index in [1.807, 2.05) is 19.0 Å². The van der Waals surface area contributed by atoms with Crippen LogP contribution in [0.5, 0.6) is 5.75 Å². The number of rotatable bonds is 7. The van der Waals surface area contributed by atoms with Gasteiger partial charge in [0.05, 0.1) is 0 Å². The zero-order chi connectivity index (χ0) is 16.7. The number of carbonyl (C=O) groups is 1. The summed E-state index contributed by atoms with van der Waals surface area (Å²) in [6.07, 6.45) is 1.71. The summed E-state index contributed by atoms with van der Waals surface area (Å²) in [5.74, 6) is 0.140. The highest BCUT2D eigenvalue weighted by atomic mass is 19.1. The van der Waals surface area contributed by atoms with Crippen LogP contribution in [0.4, 0.5) is 4.39 Å². The Labute approximate surface area is 137 Å². The van der Waals surface area contributed by atoms with E-state index in [1.54, 1.807) is 0 Å². The molecule has 0 radical (unpaired) electrons. The summed E-state index contributed by atoms with van der Waals surface area (Å²) >= 11 is 0. The SMILES string of the molecule is CN(C)CCN(C(=O)COc1ccc(F)cc1)C1CCOCC1. The van der Waals surface area contributed by atoms with Crippen LogP contribution in [-0.2, 0) is 9.53 Å². The number of hydrogen-bond acceptors (Lipinski definition) is 4. The molecule has 0 bridgehead atoms. The first-order chi connectivity index (χ1) is 11.1. The number of carbonyl (C=O) groups excluding carboxylic acids is 1. The van der Waals surface area contributed by atoms with E-state index in [0.29, 0.717) is 25.5 Å². The summed E-state index contributed by atoms with van der Waals surface area (Å²) in [6, 6.07) is 5.90. The Morgan fingerprint density at radius 3 is 2.48 bits per heavy atom. The van der Waals surface area contributed by atoms with Crippen LogP contribution in [0.25, 0.3) is 0 Å². The second-order valence-corrected chi connectivity index (χ2v) is 5.98. The minimum atomic E-state index is -0.321. The summed E-state index contributed by atoms with van der Waals surface area (Å²) in [7, 11) is 3.98. The van der Waals surface area contributed by atoms with E-state index in [-0.39, 0.29) is 24.4 Å². The second-order valence-electron chi connectivity index (χ2n) is 5.98. The van der Waals surface area contributed by atoms with Crippen LogP contribution in [0.2, 0.25) is 0 Å². The Hall–Kier alpha value is -1.66. The fourth-order valence-corrected chi connectivity index (χ4v) is 2.57. The number of nitrogens with zero attached hydrogens (tertiary/aromatic N) is 2. The van der Waals surface area contributed by atoms with Gasteiger partial charge in [0.1, 0.15) is 11.6 Å². The van der Waals surface area contributed by atoms with Gasteiger partial charge in [0.25, 0.3) is 5.91 Å². The highest BCUT2D eigenvalue weighted by Gasteiger charge is 2.25. The first-order valence-electron chi connectivity index (χ1n) is 7.96. The third-order valence-electron chi connectivity index (χ3n) is 3.92. The van der Waals surface area contributed by atoms with E-state index in [1.165, 1.54) is 24.3 Å². The number of likely N-dealkylation sites (N-methyl/N-ethyl adjacent to an activating group) is 1. The van der Waals surface area contributed by atoms with E-state index >= 15 is 0 Å². The van der Waals surface area contributed by atoms with Crippen molar-refractivity contribution in [3.8, 4) is 5.75 Å². The van der Waals surface area contributed by atoms with Crippen molar-refractivity contribution in [1.82, 2.24) is 9.80 Å². The topological polar surface area (TPSA) is 42.0 Å². The van der Waals surface area contributed by atoms with Crippen LogP contribution in [-0.4, -0.2) is 68.8 Å². The molecule has 0 unspecified atom stereocenters.